The van der Waals surface area contributed by atoms with Gasteiger partial charge in [0.1, 0.15) is 5.82 Å². The molecule has 1 aromatic carbocycles. The van der Waals surface area contributed by atoms with Gasteiger partial charge in [-0.2, -0.15) is 5.26 Å². The number of pyridine rings is 2. The van der Waals surface area contributed by atoms with Crippen LogP contribution in [0.2, 0.25) is 0 Å². The van der Waals surface area contributed by atoms with E-state index in [1.165, 1.54) is 4.70 Å². The normalized spacial score (nSPS) is 10.7. The van der Waals surface area contributed by atoms with Gasteiger partial charge in [0.2, 0.25) is 0 Å². The van der Waals surface area contributed by atoms with Gasteiger partial charge in [-0.25, -0.2) is 4.98 Å². The highest BCUT2D eigenvalue weighted by Gasteiger charge is 2.10. The standard InChI is InChI=1S/C18H12N4S/c19-10-12-4-5-14-16(9-12)22-18(15-6-8-23-17(14)15)21-11-13-3-1-2-7-20-13/h1-9H,11H2,(H,21,22). The minimum atomic E-state index is 0.613. The highest BCUT2D eigenvalue weighted by atomic mass is 32.1. The van der Waals surface area contributed by atoms with Gasteiger partial charge in [0.15, 0.2) is 0 Å². The van der Waals surface area contributed by atoms with Crippen molar-refractivity contribution in [3.8, 4) is 6.07 Å². The van der Waals surface area contributed by atoms with Crippen LogP contribution in [0.15, 0.2) is 54.0 Å². The summed E-state index contributed by atoms with van der Waals surface area (Å²) in [5.41, 5.74) is 2.42. The number of nitrogens with one attached hydrogen (secondary N) is 1. The molecule has 0 saturated heterocycles. The summed E-state index contributed by atoms with van der Waals surface area (Å²) in [6.07, 6.45) is 1.78. The lowest BCUT2D eigenvalue weighted by atomic mass is 10.1. The van der Waals surface area contributed by atoms with Crippen molar-refractivity contribution >= 4 is 38.1 Å². The molecule has 3 heterocycles. The summed E-state index contributed by atoms with van der Waals surface area (Å²) < 4.78 is 1.18. The lowest BCUT2D eigenvalue weighted by molar-refractivity contribution is 1.04. The molecule has 0 spiro atoms. The third-order valence-corrected chi connectivity index (χ3v) is 4.63. The Morgan fingerprint density at radius 2 is 2.09 bits per heavy atom. The molecule has 0 aliphatic rings. The number of aromatic nitrogens is 2. The van der Waals surface area contributed by atoms with Crippen LogP contribution < -0.4 is 5.32 Å². The van der Waals surface area contributed by atoms with Crippen LogP contribution in [-0.2, 0) is 6.54 Å². The maximum Gasteiger partial charge on any atom is 0.135 e. The van der Waals surface area contributed by atoms with Gasteiger partial charge >= 0.3 is 0 Å². The van der Waals surface area contributed by atoms with Crippen LogP contribution in [0.5, 0.6) is 0 Å². The molecule has 0 aliphatic carbocycles. The molecule has 0 radical (unpaired) electrons. The first-order valence-corrected chi connectivity index (χ1v) is 8.08. The van der Waals surface area contributed by atoms with Crippen molar-refractivity contribution in [3.05, 3.63) is 65.3 Å². The van der Waals surface area contributed by atoms with Crippen LogP contribution in [0.3, 0.4) is 0 Å². The van der Waals surface area contributed by atoms with E-state index in [0.717, 1.165) is 27.8 Å². The fourth-order valence-electron chi connectivity index (χ4n) is 2.58. The second-order valence-corrected chi connectivity index (χ2v) is 6.06. The van der Waals surface area contributed by atoms with E-state index in [1.807, 2.05) is 36.4 Å². The smallest absolute Gasteiger partial charge is 0.135 e. The lowest BCUT2D eigenvalue weighted by Gasteiger charge is -2.09. The van der Waals surface area contributed by atoms with E-state index in [2.05, 4.69) is 27.8 Å². The minimum Gasteiger partial charge on any atom is -0.364 e. The zero-order valence-corrected chi connectivity index (χ0v) is 13.0. The number of rotatable bonds is 3. The number of fused-ring (bicyclic) bond motifs is 3. The maximum absolute atomic E-state index is 9.09. The van der Waals surface area contributed by atoms with Crippen molar-refractivity contribution in [3.63, 3.8) is 0 Å². The van der Waals surface area contributed by atoms with Crippen LogP contribution in [0, 0.1) is 11.3 Å². The third kappa shape index (κ3) is 2.50. The Kier molecular flexibility index (Phi) is 3.37. The summed E-state index contributed by atoms with van der Waals surface area (Å²) in [6.45, 7) is 0.613. The van der Waals surface area contributed by atoms with E-state index in [9.17, 15) is 0 Å². The van der Waals surface area contributed by atoms with Gasteiger partial charge in [-0.05, 0) is 35.7 Å². The number of hydrogen-bond donors (Lipinski definition) is 1. The van der Waals surface area contributed by atoms with E-state index in [1.54, 1.807) is 17.5 Å². The molecular formula is C18H12N4S. The summed E-state index contributed by atoms with van der Waals surface area (Å²) in [7, 11) is 0. The van der Waals surface area contributed by atoms with E-state index in [4.69, 9.17) is 10.2 Å². The SMILES string of the molecule is N#Cc1ccc2c(c1)nc(NCc1ccccn1)c1ccsc12. The monoisotopic (exact) mass is 316 g/mol. The van der Waals surface area contributed by atoms with Crippen molar-refractivity contribution < 1.29 is 0 Å². The second kappa shape index (κ2) is 5.67. The van der Waals surface area contributed by atoms with Crippen molar-refractivity contribution in [2.45, 2.75) is 6.54 Å². The molecule has 4 nitrogen and oxygen atoms in total. The number of nitrogens with zero attached hydrogens (tertiary/aromatic N) is 3. The summed E-state index contributed by atoms with van der Waals surface area (Å²) >= 11 is 1.69. The first-order chi connectivity index (χ1) is 11.3. The van der Waals surface area contributed by atoms with Gasteiger partial charge in [-0.1, -0.05) is 12.1 Å². The molecule has 0 unspecified atom stereocenters. The van der Waals surface area contributed by atoms with Crippen molar-refractivity contribution in [2.75, 3.05) is 5.32 Å². The molecule has 1 N–H and O–H groups in total. The Balaban J connectivity index is 1.81. The van der Waals surface area contributed by atoms with Crippen molar-refractivity contribution in [1.29, 1.82) is 5.26 Å². The highest BCUT2D eigenvalue weighted by molar-refractivity contribution is 7.18. The first-order valence-electron chi connectivity index (χ1n) is 7.20. The number of benzene rings is 1. The molecule has 0 aliphatic heterocycles. The maximum atomic E-state index is 9.09. The van der Waals surface area contributed by atoms with Gasteiger partial charge in [0.05, 0.1) is 29.4 Å². The summed E-state index contributed by atoms with van der Waals surface area (Å²) in [5, 5.41) is 16.7. The zero-order valence-electron chi connectivity index (χ0n) is 12.2. The fraction of sp³-hybridized carbons (Fsp3) is 0.0556. The summed E-state index contributed by atoms with van der Waals surface area (Å²) in [4.78, 5) is 9.04. The molecular weight excluding hydrogens is 304 g/mol. The Bertz CT molecular complexity index is 1030. The fourth-order valence-corrected chi connectivity index (χ4v) is 3.51. The van der Waals surface area contributed by atoms with E-state index in [-0.39, 0.29) is 0 Å². The minimum absolute atomic E-state index is 0.613. The zero-order chi connectivity index (χ0) is 15.6. The Morgan fingerprint density at radius 3 is 2.91 bits per heavy atom. The van der Waals surface area contributed by atoms with Crippen LogP contribution in [-0.4, -0.2) is 9.97 Å². The van der Waals surface area contributed by atoms with Crippen LogP contribution in [0.25, 0.3) is 21.0 Å². The molecule has 0 atom stereocenters. The number of anilines is 1. The van der Waals surface area contributed by atoms with Crippen molar-refractivity contribution in [1.82, 2.24) is 9.97 Å². The van der Waals surface area contributed by atoms with E-state index in [0.29, 0.717) is 12.1 Å². The van der Waals surface area contributed by atoms with Crippen molar-refractivity contribution in [2.24, 2.45) is 0 Å². The molecule has 110 valence electrons. The van der Waals surface area contributed by atoms with Gasteiger partial charge in [0.25, 0.3) is 0 Å². The Labute approximate surface area is 137 Å². The Hall–Kier alpha value is -2.97. The average Bonchev–Trinajstić information content (AvgIpc) is 3.10. The molecule has 0 saturated carbocycles. The molecule has 23 heavy (non-hydrogen) atoms. The molecule has 4 rings (SSSR count). The molecule has 0 amide bonds. The number of hydrogen-bond acceptors (Lipinski definition) is 5. The quantitative estimate of drug-likeness (QED) is 0.611. The van der Waals surface area contributed by atoms with E-state index < -0.39 is 0 Å². The summed E-state index contributed by atoms with van der Waals surface area (Å²) in [5.74, 6) is 0.828. The topological polar surface area (TPSA) is 61.6 Å². The Morgan fingerprint density at radius 1 is 1.13 bits per heavy atom. The lowest BCUT2D eigenvalue weighted by Crippen LogP contribution is -2.03. The first kappa shape index (κ1) is 13.7. The number of thiophene rings is 1. The molecule has 0 fully saturated rings. The van der Waals surface area contributed by atoms with Gasteiger partial charge in [-0.15, -0.1) is 11.3 Å². The van der Waals surface area contributed by atoms with Gasteiger partial charge < -0.3 is 5.32 Å². The van der Waals surface area contributed by atoms with Crippen LogP contribution >= 0.6 is 11.3 Å². The third-order valence-electron chi connectivity index (χ3n) is 3.69. The predicted molar refractivity (Wildman–Crippen MR) is 93.4 cm³/mol. The van der Waals surface area contributed by atoms with Gasteiger partial charge in [0, 0.05) is 21.7 Å². The van der Waals surface area contributed by atoms with Gasteiger partial charge in [-0.3, -0.25) is 4.98 Å². The molecule has 4 aromatic rings. The molecule has 5 heteroatoms. The largest absolute Gasteiger partial charge is 0.364 e. The summed E-state index contributed by atoms with van der Waals surface area (Å²) in [6, 6.07) is 15.7. The highest BCUT2D eigenvalue weighted by Crippen LogP contribution is 2.33. The molecule has 0 bridgehead atoms. The second-order valence-electron chi connectivity index (χ2n) is 5.14. The average molecular weight is 316 g/mol. The predicted octanol–water partition coefficient (Wildman–Crippen LogP) is 4.33. The number of nitriles is 1. The van der Waals surface area contributed by atoms with Crippen LogP contribution in [0.1, 0.15) is 11.3 Å². The van der Waals surface area contributed by atoms with Crippen LogP contribution in [0.4, 0.5) is 5.82 Å². The molecule has 3 aromatic heterocycles. The van der Waals surface area contributed by atoms with E-state index >= 15 is 0 Å².